The average molecular weight is 755 g/mol. The lowest BCUT2D eigenvalue weighted by atomic mass is 10.1. The Morgan fingerprint density at radius 2 is 1.12 bits per heavy atom. The van der Waals surface area contributed by atoms with Gasteiger partial charge in [0.2, 0.25) is 0 Å². The predicted octanol–water partition coefficient (Wildman–Crippen LogP) is 7.22. The van der Waals surface area contributed by atoms with Crippen molar-refractivity contribution in [2.24, 2.45) is 30.7 Å². The minimum atomic E-state index is -5.22. The average Bonchev–Trinajstić information content (AvgIpc) is 3.07. The van der Waals surface area contributed by atoms with Crippen LogP contribution in [0.25, 0.3) is 10.8 Å². The summed E-state index contributed by atoms with van der Waals surface area (Å²) >= 11 is 0. The van der Waals surface area contributed by atoms with Crippen LogP contribution in [0.4, 0.5) is 45.5 Å². The number of rotatable bonds is 10. The zero-order valence-corrected chi connectivity index (χ0v) is 26.9. The van der Waals surface area contributed by atoms with Gasteiger partial charge in [-0.3, -0.25) is 29.3 Å². The van der Waals surface area contributed by atoms with E-state index in [1.807, 2.05) is 0 Å². The van der Waals surface area contributed by atoms with E-state index in [-0.39, 0.29) is 27.8 Å². The second-order valence-corrected chi connectivity index (χ2v) is 13.0. The Kier molecular flexibility index (Phi) is 9.56. The lowest BCUT2D eigenvalue weighted by Crippen LogP contribution is -2.00. The summed E-state index contributed by atoms with van der Waals surface area (Å²) < 4.78 is 65.5. The third-order valence-corrected chi connectivity index (χ3v) is 8.50. The fourth-order valence-corrected chi connectivity index (χ4v) is 5.54. The summed E-state index contributed by atoms with van der Waals surface area (Å²) in [4.78, 5) is 18.7. The fourth-order valence-electron chi connectivity index (χ4n) is 4.38. The number of hydrogen-bond acceptors (Lipinski definition) is 18. The van der Waals surface area contributed by atoms with Gasteiger partial charge in [-0.2, -0.15) is 21.9 Å². The van der Waals surface area contributed by atoms with Gasteiger partial charge in [0, 0.05) is 36.4 Å². The molecule has 0 bridgehead atoms. The van der Waals surface area contributed by atoms with Crippen molar-refractivity contribution in [1.29, 1.82) is 0 Å². The van der Waals surface area contributed by atoms with E-state index in [9.17, 15) is 66.6 Å². The number of benzene rings is 5. The van der Waals surface area contributed by atoms with Crippen LogP contribution in [0.1, 0.15) is 0 Å². The standard InChI is InChI=1S/C28H18N8O14S2/c37-22-11-17(51(45,46)47)8-13-2-1-3-18(24(13)22)30-32-20-12-21(33-31-19-9-16(36(43)44)10-23(26(19)38)52(48,49)50)28(40)25(27(20)39)34-29-14-4-6-15(7-5-14)35(41)42/h1-12,37-40H,(H,45,46,47)(H,48,49,50). The van der Waals surface area contributed by atoms with E-state index < -0.39 is 91.3 Å². The number of fused-ring (bicyclic) bond motifs is 1. The van der Waals surface area contributed by atoms with Crippen LogP contribution < -0.4 is 0 Å². The minimum Gasteiger partial charge on any atom is -0.507 e. The fraction of sp³-hybridized carbons (Fsp3) is 0. The van der Waals surface area contributed by atoms with Gasteiger partial charge in [-0.15, -0.1) is 25.6 Å². The van der Waals surface area contributed by atoms with Crippen LogP contribution in [0.5, 0.6) is 23.0 Å². The number of nitro benzene ring substituents is 2. The van der Waals surface area contributed by atoms with Gasteiger partial charge in [-0.1, -0.05) is 12.1 Å². The summed E-state index contributed by atoms with van der Waals surface area (Å²) in [5, 5.41) is 88.0. The molecular formula is C28H18N8O14S2. The third kappa shape index (κ3) is 7.58. The molecule has 5 aromatic carbocycles. The number of aromatic hydroxyl groups is 4. The van der Waals surface area contributed by atoms with Crippen molar-refractivity contribution in [3.05, 3.63) is 93.0 Å². The molecule has 5 aromatic rings. The van der Waals surface area contributed by atoms with Gasteiger partial charge in [0.15, 0.2) is 22.9 Å². The molecule has 0 heterocycles. The quantitative estimate of drug-likeness (QED) is 0.0355. The normalized spacial score (nSPS) is 12.3. The first-order chi connectivity index (χ1) is 24.3. The first kappa shape index (κ1) is 36.3. The Balaban J connectivity index is 1.67. The van der Waals surface area contributed by atoms with Crippen LogP contribution >= 0.6 is 0 Å². The highest BCUT2D eigenvalue weighted by molar-refractivity contribution is 7.86. The molecule has 0 atom stereocenters. The molecule has 0 spiro atoms. The van der Waals surface area contributed by atoms with Crippen LogP contribution in [0.3, 0.4) is 0 Å². The smallest absolute Gasteiger partial charge is 0.298 e. The van der Waals surface area contributed by atoms with Crippen molar-refractivity contribution in [2.75, 3.05) is 0 Å². The van der Waals surface area contributed by atoms with Crippen LogP contribution in [0.2, 0.25) is 0 Å². The molecule has 0 aliphatic rings. The number of hydrogen-bond donors (Lipinski definition) is 6. The summed E-state index contributed by atoms with van der Waals surface area (Å²) in [5.41, 5.74) is -4.17. The first-order valence-corrected chi connectivity index (χ1v) is 16.5. The van der Waals surface area contributed by atoms with Crippen molar-refractivity contribution in [2.45, 2.75) is 9.79 Å². The Labute approximate surface area is 288 Å². The van der Waals surface area contributed by atoms with Crippen molar-refractivity contribution in [3.8, 4) is 23.0 Å². The first-order valence-electron chi connectivity index (χ1n) is 13.7. The van der Waals surface area contributed by atoms with Gasteiger partial charge in [-0.25, -0.2) is 0 Å². The number of phenolic OH excluding ortho intramolecular Hbond substituents is 4. The zero-order valence-electron chi connectivity index (χ0n) is 25.3. The topological polar surface area (TPSA) is 350 Å². The molecule has 0 fully saturated rings. The molecule has 266 valence electrons. The van der Waals surface area contributed by atoms with E-state index in [1.54, 1.807) is 0 Å². The zero-order chi connectivity index (χ0) is 38.1. The van der Waals surface area contributed by atoms with Crippen LogP contribution in [0, 0.1) is 20.2 Å². The van der Waals surface area contributed by atoms with Gasteiger partial charge in [0.05, 0.1) is 31.5 Å². The van der Waals surface area contributed by atoms with Gasteiger partial charge >= 0.3 is 0 Å². The lowest BCUT2D eigenvalue weighted by molar-refractivity contribution is -0.385. The maximum atomic E-state index is 11.7. The number of nitro groups is 2. The molecule has 22 nitrogen and oxygen atoms in total. The van der Waals surface area contributed by atoms with E-state index in [0.29, 0.717) is 12.1 Å². The molecule has 24 heteroatoms. The second kappa shape index (κ2) is 13.7. The van der Waals surface area contributed by atoms with Crippen LogP contribution in [-0.2, 0) is 20.2 Å². The minimum absolute atomic E-state index is 0.00522. The molecule has 0 aromatic heterocycles. The Morgan fingerprint density at radius 3 is 1.65 bits per heavy atom. The Bertz CT molecular complexity index is 2630. The number of nitrogens with zero attached hydrogens (tertiary/aromatic N) is 8. The van der Waals surface area contributed by atoms with Crippen molar-refractivity contribution >= 4 is 76.5 Å². The van der Waals surface area contributed by atoms with Crippen molar-refractivity contribution in [3.63, 3.8) is 0 Å². The van der Waals surface area contributed by atoms with Crippen LogP contribution in [-0.4, -0.2) is 56.2 Å². The Hall–Kier alpha value is -7.02. The molecule has 0 radical (unpaired) electrons. The molecule has 0 unspecified atom stereocenters. The Morgan fingerprint density at radius 1 is 0.558 bits per heavy atom. The maximum absolute atomic E-state index is 11.7. The predicted molar refractivity (Wildman–Crippen MR) is 175 cm³/mol. The summed E-state index contributed by atoms with van der Waals surface area (Å²) in [6.45, 7) is 0. The number of azo groups is 3. The molecule has 0 saturated carbocycles. The van der Waals surface area contributed by atoms with Gasteiger partial charge < -0.3 is 20.4 Å². The highest BCUT2D eigenvalue weighted by Gasteiger charge is 2.25. The van der Waals surface area contributed by atoms with Crippen molar-refractivity contribution < 1.29 is 56.2 Å². The molecule has 0 saturated heterocycles. The summed E-state index contributed by atoms with van der Waals surface area (Å²) in [6, 6.07) is 12.2. The number of non-ortho nitro benzene ring substituents is 2. The highest BCUT2D eigenvalue weighted by atomic mass is 32.2. The van der Waals surface area contributed by atoms with Gasteiger partial charge in [-0.05, 0) is 29.7 Å². The molecule has 5 rings (SSSR count). The second-order valence-electron chi connectivity index (χ2n) is 10.2. The highest BCUT2D eigenvalue weighted by Crippen LogP contribution is 2.51. The molecular weight excluding hydrogens is 736 g/mol. The molecule has 0 amide bonds. The number of phenols is 4. The lowest BCUT2D eigenvalue weighted by Gasteiger charge is -2.08. The third-order valence-electron chi connectivity index (χ3n) is 6.80. The van der Waals surface area contributed by atoms with E-state index in [2.05, 4.69) is 30.7 Å². The van der Waals surface area contributed by atoms with E-state index in [1.165, 1.54) is 30.3 Å². The largest absolute Gasteiger partial charge is 0.507 e. The molecule has 6 N–H and O–H groups in total. The van der Waals surface area contributed by atoms with Crippen molar-refractivity contribution in [1.82, 2.24) is 0 Å². The van der Waals surface area contributed by atoms with E-state index in [0.717, 1.165) is 30.3 Å². The van der Waals surface area contributed by atoms with Gasteiger partial charge in [0.25, 0.3) is 31.6 Å². The molecule has 0 aliphatic carbocycles. The summed E-state index contributed by atoms with van der Waals surface area (Å²) in [6.07, 6.45) is 0. The monoisotopic (exact) mass is 754 g/mol. The SMILES string of the molecule is O=[N+]([O-])c1ccc(N=Nc2c(O)c(N=Nc3cc([N+](=O)[O-])cc(S(=O)(=O)O)c3O)cc(N=Nc3cccc4cc(S(=O)(=O)O)cc(O)c34)c2O)cc1. The molecule has 52 heavy (non-hydrogen) atoms. The molecule has 0 aliphatic heterocycles. The summed E-state index contributed by atoms with van der Waals surface area (Å²) in [5.74, 6) is -3.79. The maximum Gasteiger partial charge on any atom is 0.298 e. The van der Waals surface area contributed by atoms with Gasteiger partial charge in [0.1, 0.15) is 27.7 Å². The van der Waals surface area contributed by atoms with E-state index >= 15 is 0 Å². The van der Waals surface area contributed by atoms with Crippen LogP contribution in [0.15, 0.2) is 113 Å². The van der Waals surface area contributed by atoms with E-state index in [4.69, 9.17) is 0 Å². The summed E-state index contributed by atoms with van der Waals surface area (Å²) in [7, 11) is -9.93.